The van der Waals surface area contributed by atoms with Crippen LogP contribution >= 0.6 is 0 Å². The van der Waals surface area contributed by atoms with Crippen molar-refractivity contribution in [3.63, 3.8) is 0 Å². The van der Waals surface area contributed by atoms with E-state index < -0.39 is 0 Å². The maximum Gasteiger partial charge on any atom is 0.146 e. The molecule has 17 heavy (non-hydrogen) atoms. The Hall–Kier alpha value is -2.03. The number of rotatable bonds is 4. The number of hydrogen-bond donors (Lipinski definition) is 2. The fourth-order valence-corrected chi connectivity index (χ4v) is 1.83. The van der Waals surface area contributed by atoms with Gasteiger partial charge in [-0.2, -0.15) is 0 Å². The summed E-state index contributed by atoms with van der Waals surface area (Å²) in [5.41, 5.74) is 9.34. The number of pyridine rings is 1. The molecule has 0 saturated carbocycles. The number of aromatic nitrogens is 1. The summed E-state index contributed by atoms with van der Waals surface area (Å²) in [6, 6.07) is 12.2. The molecule has 0 bridgehead atoms. The molecule has 0 spiro atoms. The zero-order valence-electron chi connectivity index (χ0n) is 9.98. The van der Waals surface area contributed by atoms with E-state index in [9.17, 15) is 0 Å². The third-order valence-electron chi connectivity index (χ3n) is 2.81. The summed E-state index contributed by atoms with van der Waals surface area (Å²) in [5.74, 6) is 0.543. The number of hydrogen-bond acceptors (Lipinski definition) is 3. The van der Waals surface area contributed by atoms with Crippen molar-refractivity contribution >= 4 is 11.5 Å². The average molecular weight is 227 g/mol. The number of nitrogens with one attached hydrogen (secondary N) is 1. The summed E-state index contributed by atoms with van der Waals surface area (Å²) < 4.78 is 0. The second kappa shape index (κ2) is 5.34. The van der Waals surface area contributed by atoms with Gasteiger partial charge in [-0.25, -0.2) is 4.98 Å². The Morgan fingerprint density at radius 2 is 1.88 bits per heavy atom. The predicted octanol–water partition coefficient (Wildman–Crippen LogP) is 2.84. The van der Waals surface area contributed by atoms with E-state index in [1.807, 2.05) is 12.1 Å². The second-order valence-corrected chi connectivity index (χ2v) is 3.91. The van der Waals surface area contributed by atoms with Crippen LogP contribution in [0, 0.1) is 0 Å². The minimum absolute atomic E-state index is 0.543. The lowest BCUT2D eigenvalue weighted by Crippen LogP contribution is -2.05. The maximum absolute atomic E-state index is 5.78. The number of nitrogens with zero attached hydrogens (tertiary/aromatic N) is 1. The van der Waals surface area contributed by atoms with E-state index in [4.69, 9.17) is 5.73 Å². The number of nitrogen functional groups attached to an aromatic ring is 1. The zero-order valence-corrected chi connectivity index (χ0v) is 9.98. The molecule has 3 heteroatoms. The number of benzene rings is 1. The highest BCUT2D eigenvalue weighted by Crippen LogP contribution is 2.16. The Bertz CT molecular complexity index is 494. The lowest BCUT2D eigenvalue weighted by Gasteiger charge is -2.11. The molecule has 0 aliphatic heterocycles. The van der Waals surface area contributed by atoms with Gasteiger partial charge in [0.25, 0.3) is 0 Å². The van der Waals surface area contributed by atoms with Crippen LogP contribution in [0.4, 0.5) is 11.5 Å². The van der Waals surface area contributed by atoms with Gasteiger partial charge in [0.1, 0.15) is 5.82 Å². The normalized spacial score (nSPS) is 10.2. The molecule has 0 unspecified atom stereocenters. The van der Waals surface area contributed by atoms with Gasteiger partial charge in [0, 0.05) is 12.7 Å². The Kier molecular flexibility index (Phi) is 3.60. The number of anilines is 2. The molecule has 0 fully saturated rings. The fourth-order valence-electron chi connectivity index (χ4n) is 1.83. The molecule has 0 saturated heterocycles. The van der Waals surface area contributed by atoms with Crippen molar-refractivity contribution < 1.29 is 0 Å². The van der Waals surface area contributed by atoms with Crippen LogP contribution in [0.15, 0.2) is 42.6 Å². The molecule has 0 aliphatic rings. The van der Waals surface area contributed by atoms with Crippen LogP contribution in [0.1, 0.15) is 18.1 Å². The molecule has 3 nitrogen and oxygen atoms in total. The van der Waals surface area contributed by atoms with Gasteiger partial charge in [-0.3, -0.25) is 0 Å². The van der Waals surface area contributed by atoms with Crippen LogP contribution in [-0.4, -0.2) is 4.98 Å². The van der Waals surface area contributed by atoms with E-state index in [1.54, 1.807) is 6.20 Å². The van der Waals surface area contributed by atoms with Gasteiger partial charge in [-0.05, 0) is 29.7 Å². The first-order valence-corrected chi connectivity index (χ1v) is 5.82. The number of aryl methyl sites for hydroxylation is 1. The smallest absolute Gasteiger partial charge is 0.146 e. The molecular formula is C14H17N3. The Labute approximate surface area is 102 Å². The van der Waals surface area contributed by atoms with E-state index in [-0.39, 0.29) is 0 Å². The van der Waals surface area contributed by atoms with Gasteiger partial charge in [-0.15, -0.1) is 0 Å². The summed E-state index contributed by atoms with van der Waals surface area (Å²) in [6.07, 6.45) is 2.74. The second-order valence-electron chi connectivity index (χ2n) is 3.91. The number of nitrogens with two attached hydrogens (primary N) is 1. The van der Waals surface area contributed by atoms with Crippen molar-refractivity contribution in [2.45, 2.75) is 19.9 Å². The lowest BCUT2D eigenvalue weighted by molar-refractivity contribution is 1.04. The molecule has 2 aromatic rings. The SMILES string of the molecule is CCc1ccccc1CNc1cccnc1N. The van der Waals surface area contributed by atoms with Crippen LogP contribution in [0.25, 0.3) is 0 Å². The monoisotopic (exact) mass is 227 g/mol. The molecule has 1 heterocycles. The molecule has 1 aromatic carbocycles. The first kappa shape index (κ1) is 11.5. The van der Waals surface area contributed by atoms with Gasteiger partial charge in [0.2, 0.25) is 0 Å². The van der Waals surface area contributed by atoms with Crippen LogP contribution in [0.3, 0.4) is 0 Å². The molecule has 0 radical (unpaired) electrons. The first-order chi connectivity index (χ1) is 8.31. The fraction of sp³-hybridized carbons (Fsp3) is 0.214. The van der Waals surface area contributed by atoms with Crippen molar-refractivity contribution in [2.75, 3.05) is 11.1 Å². The molecule has 2 rings (SSSR count). The zero-order chi connectivity index (χ0) is 12.1. The van der Waals surface area contributed by atoms with E-state index >= 15 is 0 Å². The molecule has 1 aromatic heterocycles. The van der Waals surface area contributed by atoms with Gasteiger partial charge in [0.15, 0.2) is 0 Å². The van der Waals surface area contributed by atoms with Crippen molar-refractivity contribution in [2.24, 2.45) is 0 Å². The summed E-state index contributed by atoms with van der Waals surface area (Å²) in [5, 5.41) is 3.32. The molecule has 3 N–H and O–H groups in total. The maximum atomic E-state index is 5.78. The highest BCUT2D eigenvalue weighted by molar-refractivity contribution is 5.61. The molecule has 0 aliphatic carbocycles. The molecule has 88 valence electrons. The van der Waals surface area contributed by atoms with Crippen LogP contribution < -0.4 is 11.1 Å². The third-order valence-corrected chi connectivity index (χ3v) is 2.81. The van der Waals surface area contributed by atoms with Crippen molar-refractivity contribution in [3.8, 4) is 0 Å². The topological polar surface area (TPSA) is 50.9 Å². The highest BCUT2D eigenvalue weighted by atomic mass is 14.9. The minimum atomic E-state index is 0.543. The van der Waals surface area contributed by atoms with Crippen LogP contribution in [0.5, 0.6) is 0 Å². The average Bonchev–Trinajstić information content (AvgIpc) is 2.38. The van der Waals surface area contributed by atoms with Crippen LogP contribution in [-0.2, 0) is 13.0 Å². The lowest BCUT2D eigenvalue weighted by atomic mass is 10.1. The standard InChI is InChI=1S/C14H17N3/c1-2-11-6-3-4-7-12(11)10-17-13-8-5-9-16-14(13)15/h3-9,17H,2,10H2,1H3,(H2,15,16). The third kappa shape index (κ3) is 2.75. The predicted molar refractivity (Wildman–Crippen MR) is 71.8 cm³/mol. The largest absolute Gasteiger partial charge is 0.382 e. The Morgan fingerprint density at radius 3 is 2.59 bits per heavy atom. The minimum Gasteiger partial charge on any atom is -0.382 e. The molecule has 0 atom stereocenters. The Morgan fingerprint density at radius 1 is 1.12 bits per heavy atom. The van der Waals surface area contributed by atoms with Gasteiger partial charge < -0.3 is 11.1 Å². The van der Waals surface area contributed by atoms with Crippen molar-refractivity contribution in [1.29, 1.82) is 0 Å². The van der Waals surface area contributed by atoms with Crippen molar-refractivity contribution in [3.05, 3.63) is 53.7 Å². The van der Waals surface area contributed by atoms with Crippen molar-refractivity contribution in [1.82, 2.24) is 4.98 Å². The molecule has 0 amide bonds. The Balaban J connectivity index is 2.10. The van der Waals surface area contributed by atoms with Crippen LogP contribution in [0.2, 0.25) is 0 Å². The van der Waals surface area contributed by atoms with E-state index in [1.165, 1.54) is 11.1 Å². The van der Waals surface area contributed by atoms with E-state index in [2.05, 4.69) is 41.5 Å². The summed E-state index contributed by atoms with van der Waals surface area (Å²) in [4.78, 5) is 4.05. The summed E-state index contributed by atoms with van der Waals surface area (Å²) in [6.45, 7) is 2.94. The van der Waals surface area contributed by atoms with Gasteiger partial charge >= 0.3 is 0 Å². The van der Waals surface area contributed by atoms with E-state index in [0.29, 0.717) is 5.82 Å². The van der Waals surface area contributed by atoms with Gasteiger partial charge in [-0.1, -0.05) is 31.2 Å². The van der Waals surface area contributed by atoms with Gasteiger partial charge in [0.05, 0.1) is 5.69 Å². The quantitative estimate of drug-likeness (QED) is 0.844. The van der Waals surface area contributed by atoms with E-state index in [0.717, 1.165) is 18.7 Å². The first-order valence-electron chi connectivity index (χ1n) is 5.82. The summed E-state index contributed by atoms with van der Waals surface area (Å²) in [7, 11) is 0. The summed E-state index contributed by atoms with van der Waals surface area (Å²) >= 11 is 0. The molecular weight excluding hydrogens is 210 g/mol. The highest BCUT2D eigenvalue weighted by Gasteiger charge is 2.01.